The number of aromatic nitrogens is 2. The van der Waals surface area contributed by atoms with E-state index in [9.17, 15) is 12.8 Å². The van der Waals surface area contributed by atoms with Gasteiger partial charge in [-0.15, -0.1) is 0 Å². The maximum atomic E-state index is 13.3. The first-order valence-electron chi connectivity index (χ1n) is 7.64. The lowest BCUT2D eigenvalue weighted by Crippen LogP contribution is -2.11. The molecule has 0 amide bonds. The molecule has 25 heavy (non-hydrogen) atoms. The summed E-state index contributed by atoms with van der Waals surface area (Å²) in [6.45, 7) is 0. The molecule has 2 N–H and O–H groups in total. The Bertz CT molecular complexity index is 1030. The molecule has 3 aromatic rings. The monoisotopic (exact) mass is 375 g/mol. The lowest BCUT2D eigenvalue weighted by atomic mass is 10.1. The van der Waals surface area contributed by atoms with Gasteiger partial charge in [0.25, 0.3) is 0 Å². The van der Waals surface area contributed by atoms with Gasteiger partial charge in [-0.3, -0.25) is 0 Å². The Morgan fingerprint density at radius 1 is 1.12 bits per heavy atom. The van der Waals surface area contributed by atoms with Gasteiger partial charge in [0.05, 0.1) is 4.90 Å². The van der Waals surface area contributed by atoms with E-state index < -0.39 is 10.0 Å². The highest BCUT2D eigenvalue weighted by Crippen LogP contribution is 2.55. The van der Waals surface area contributed by atoms with E-state index in [0.717, 1.165) is 17.0 Å². The molecule has 4 rings (SSSR count). The van der Waals surface area contributed by atoms with Crippen LogP contribution in [0.5, 0.6) is 0 Å². The Morgan fingerprint density at radius 3 is 2.56 bits per heavy atom. The summed E-state index contributed by atoms with van der Waals surface area (Å²) in [5.74, 6) is 0.783. The summed E-state index contributed by atoms with van der Waals surface area (Å²) >= 11 is 1.33. The zero-order valence-electron chi connectivity index (χ0n) is 13.0. The Balaban J connectivity index is 1.52. The van der Waals surface area contributed by atoms with Gasteiger partial charge in [0.15, 0.2) is 5.82 Å². The van der Waals surface area contributed by atoms with Crippen LogP contribution in [0.3, 0.4) is 0 Å². The number of halogens is 1. The van der Waals surface area contributed by atoms with Crippen molar-refractivity contribution in [3.05, 3.63) is 64.9 Å². The second-order valence-corrected chi connectivity index (χ2v) is 8.37. The number of benzene rings is 2. The molecule has 1 aliphatic rings. The number of hydrogen-bond donors (Lipinski definition) is 1. The van der Waals surface area contributed by atoms with Crippen LogP contribution < -0.4 is 5.14 Å². The third-order valence-corrected chi connectivity index (χ3v) is 6.04. The van der Waals surface area contributed by atoms with Gasteiger partial charge in [-0.25, -0.2) is 22.9 Å². The van der Waals surface area contributed by atoms with Crippen molar-refractivity contribution in [2.24, 2.45) is 5.14 Å². The third-order valence-electron chi connectivity index (χ3n) is 4.27. The van der Waals surface area contributed by atoms with E-state index in [1.54, 1.807) is 24.3 Å². The number of rotatable bonds is 4. The van der Waals surface area contributed by atoms with E-state index in [-0.39, 0.29) is 16.6 Å². The standard InChI is InChI=1S/C17H14FN3O2S2/c18-12-3-1-2-11(8-12)16-20-17(24-21-16)15-9-14(15)10-4-6-13(7-5-10)25(19,22)23/h1-8,14-15H,9H2,(H2,19,22,23). The van der Waals surface area contributed by atoms with Gasteiger partial charge in [0.1, 0.15) is 10.8 Å². The highest BCUT2D eigenvalue weighted by Gasteiger charge is 2.42. The first-order chi connectivity index (χ1) is 11.9. The minimum atomic E-state index is -3.67. The van der Waals surface area contributed by atoms with Gasteiger partial charge in [-0.05, 0) is 53.7 Å². The van der Waals surface area contributed by atoms with Crippen LogP contribution in [0, 0.1) is 5.82 Å². The number of nitrogens with zero attached hydrogens (tertiary/aromatic N) is 2. The van der Waals surface area contributed by atoms with Crippen LogP contribution >= 0.6 is 11.5 Å². The zero-order chi connectivity index (χ0) is 17.6. The summed E-state index contributed by atoms with van der Waals surface area (Å²) in [6.07, 6.45) is 0.937. The molecule has 0 radical (unpaired) electrons. The van der Waals surface area contributed by atoms with Gasteiger partial charge in [-0.2, -0.15) is 4.37 Å². The molecule has 1 saturated carbocycles. The normalized spacial score (nSPS) is 19.8. The Kier molecular flexibility index (Phi) is 3.90. The average Bonchev–Trinajstić information content (AvgIpc) is 3.22. The molecule has 1 heterocycles. The quantitative estimate of drug-likeness (QED) is 0.758. The molecule has 8 heteroatoms. The van der Waals surface area contributed by atoms with E-state index in [1.165, 1.54) is 35.8 Å². The minimum absolute atomic E-state index is 0.109. The molecule has 2 unspecified atom stereocenters. The molecule has 1 aliphatic carbocycles. The number of primary sulfonamides is 1. The van der Waals surface area contributed by atoms with E-state index >= 15 is 0 Å². The molecule has 0 bridgehead atoms. The smallest absolute Gasteiger partial charge is 0.225 e. The summed E-state index contributed by atoms with van der Waals surface area (Å²) in [6, 6.07) is 12.9. The second-order valence-electron chi connectivity index (χ2n) is 6.03. The highest BCUT2D eigenvalue weighted by molar-refractivity contribution is 7.89. The second kappa shape index (κ2) is 5.98. The average molecular weight is 375 g/mol. The van der Waals surface area contributed by atoms with Crippen LogP contribution in [0.2, 0.25) is 0 Å². The van der Waals surface area contributed by atoms with Crippen molar-refractivity contribution in [3.63, 3.8) is 0 Å². The molecule has 0 aliphatic heterocycles. The number of hydrogen-bond acceptors (Lipinski definition) is 5. The van der Waals surface area contributed by atoms with Crippen molar-refractivity contribution in [2.75, 3.05) is 0 Å². The van der Waals surface area contributed by atoms with Crippen molar-refractivity contribution < 1.29 is 12.8 Å². The molecule has 2 aromatic carbocycles. The van der Waals surface area contributed by atoms with Crippen LogP contribution in [0.1, 0.15) is 28.8 Å². The summed E-state index contributed by atoms with van der Waals surface area (Å²) in [4.78, 5) is 4.65. The first kappa shape index (κ1) is 16.3. The van der Waals surface area contributed by atoms with E-state index in [4.69, 9.17) is 5.14 Å². The third kappa shape index (κ3) is 3.33. The zero-order valence-corrected chi connectivity index (χ0v) is 14.6. The van der Waals surface area contributed by atoms with Crippen molar-refractivity contribution in [1.82, 2.24) is 9.36 Å². The maximum Gasteiger partial charge on any atom is 0.238 e. The van der Waals surface area contributed by atoms with Crippen LogP contribution in [0.4, 0.5) is 4.39 Å². The SMILES string of the molecule is NS(=O)(=O)c1ccc(C2CC2c2nc(-c3cccc(F)c3)ns2)cc1. The Morgan fingerprint density at radius 2 is 1.88 bits per heavy atom. The van der Waals surface area contributed by atoms with Crippen LogP contribution in [0.15, 0.2) is 53.4 Å². The lowest BCUT2D eigenvalue weighted by Gasteiger charge is -2.01. The van der Waals surface area contributed by atoms with E-state index in [1.807, 2.05) is 0 Å². The molecular weight excluding hydrogens is 361 g/mol. The molecule has 2 atom stereocenters. The fraction of sp³-hybridized carbons (Fsp3) is 0.176. The van der Waals surface area contributed by atoms with Crippen molar-refractivity contribution in [3.8, 4) is 11.4 Å². The van der Waals surface area contributed by atoms with Gasteiger partial charge >= 0.3 is 0 Å². The van der Waals surface area contributed by atoms with Crippen LogP contribution in [0.25, 0.3) is 11.4 Å². The minimum Gasteiger partial charge on any atom is -0.225 e. The van der Waals surface area contributed by atoms with Crippen LogP contribution in [-0.2, 0) is 10.0 Å². The predicted octanol–water partition coefficient (Wildman–Crippen LogP) is 3.26. The first-order valence-corrected chi connectivity index (χ1v) is 9.96. The van der Waals surface area contributed by atoms with Crippen molar-refractivity contribution in [2.45, 2.75) is 23.2 Å². The molecular formula is C17H14FN3O2S2. The maximum absolute atomic E-state index is 13.3. The van der Waals surface area contributed by atoms with Gasteiger partial charge < -0.3 is 0 Å². The molecule has 1 aromatic heterocycles. The van der Waals surface area contributed by atoms with E-state index in [0.29, 0.717) is 17.3 Å². The predicted molar refractivity (Wildman–Crippen MR) is 93.2 cm³/mol. The fourth-order valence-electron chi connectivity index (χ4n) is 2.87. The highest BCUT2D eigenvalue weighted by atomic mass is 32.2. The summed E-state index contributed by atoms with van der Waals surface area (Å²) < 4.78 is 40.3. The van der Waals surface area contributed by atoms with Crippen LogP contribution in [-0.4, -0.2) is 17.8 Å². The van der Waals surface area contributed by atoms with Gasteiger partial charge in [0, 0.05) is 11.5 Å². The van der Waals surface area contributed by atoms with Crippen molar-refractivity contribution >= 4 is 21.6 Å². The summed E-state index contributed by atoms with van der Waals surface area (Å²) in [7, 11) is -3.67. The molecule has 1 fully saturated rings. The Hall–Kier alpha value is -2.16. The van der Waals surface area contributed by atoms with Crippen molar-refractivity contribution in [1.29, 1.82) is 0 Å². The van der Waals surface area contributed by atoms with Gasteiger partial charge in [-0.1, -0.05) is 24.3 Å². The number of nitrogens with two attached hydrogens (primary N) is 1. The summed E-state index contributed by atoms with van der Waals surface area (Å²) in [5, 5.41) is 6.03. The largest absolute Gasteiger partial charge is 0.238 e. The molecule has 128 valence electrons. The van der Waals surface area contributed by atoms with Gasteiger partial charge in [0.2, 0.25) is 10.0 Å². The van der Waals surface area contributed by atoms with E-state index in [2.05, 4.69) is 9.36 Å². The lowest BCUT2D eigenvalue weighted by molar-refractivity contribution is 0.597. The fourth-order valence-corrected chi connectivity index (χ4v) is 4.24. The molecule has 5 nitrogen and oxygen atoms in total. The molecule has 0 spiro atoms. The molecule has 0 saturated heterocycles. The number of sulfonamides is 1. The topological polar surface area (TPSA) is 85.9 Å². The summed E-state index contributed by atoms with van der Waals surface area (Å²) in [5.41, 5.74) is 1.72. The Labute approximate surface area is 148 Å².